The molecule has 198 valence electrons. The molecule has 0 radical (unpaired) electrons. The summed E-state index contributed by atoms with van der Waals surface area (Å²) in [5.74, 6) is 0. The van der Waals surface area contributed by atoms with Crippen molar-refractivity contribution in [2.75, 3.05) is 9.80 Å². The molecule has 2 nitrogen and oxygen atoms in total. The lowest BCUT2D eigenvalue weighted by atomic mass is 9.37. The van der Waals surface area contributed by atoms with Crippen molar-refractivity contribution in [2.45, 2.75) is 13.1 Å². The van der Waals surface area contributed by atoms with Crippen LogP contribution >= 0.6 is 0 Å². The monoisotopic (exact) mass is 552 g/mol. The van der Waals surface area contributed by atoms with Crippen molar-refractivity contribution >= 4 is 75.7 Å². The zero-order valence-corrected chi connectivity index (χ0v) is 24.8. The third kappa shape index (κ3) is 3.10. The molecule has 0 spiro atoms. The van der Waals surface area contributed by atoms with E-state index in [4.69, 9.17) is 0 Å². The van der Waals surface area contributed by atoms with Gasteiger partial charge >= 0.3 is 0 Å². The second kappa shape index (κ2) is 8.61. The van der Waals surface area contributed by atoms with Crippen LogP contribution in [0.1, 0.15) is 0 Å². The van der Waals surface area contributed by atoms with Gasteiger partial charge < -0.3 is 9.80 Å². The van der Waals surface area contributed by atoms with Gasteiger partial charge in [-0.25, -0.2) is 0 Å². The van der Waals surface area contributed by atoms with Gasteiger partial charge in [0.2, 0.25) is 6.71 Å². The molecule has 0 saturated heterocycles. The summed E-state index contributed by atoms with van der Waals surface area (Å²) >= 11 is 0. The minimum Gasteiger partial charge on any atom is -0.312 e. The van der Waals surface area contributed by atoms with Gasteiger partial charge in [0.1, 0.15) is 8.07 Å². The van der Waals surface area contributed by atoms with Gasteiger partial charge in [0.15, 0.2) is 0 Å². The Balaban J connectivity index is 1.30. The molecular formula is C38H29BN2Si. The Morgan fingerprint density at radius 3 is 1.93 bits per heavy atom. The Morgan fingerprint density at radius 1 is 0.524 bits per heavy atom. The molecule has 0 N–H and O–H groups in total. The molecule has 6 aromatic rings. The van der Waals surface area contributed by atoms with Gasteiger partial charge in [0.25, 0.3) is 0 Å². The van der Waals surface area contributed by atoms with E-state index in [0.717, 1.165) is 11.4 Å². The van der Waals surface area contributed by atoms with Gasteiger partial charge in [-0.2, -0.15) is 0 Å². The lowest BCUT2D eigenvalue weighted by molar-refractivity contribution is 1.29. The highest BCUT2D eigenvalue weighted by atomic mass is 28.3. The molecule has 42 heavy (non-hydrogen) atoms. The smallest absolute Gasteiger partial charge is 0.248 e. The van der Waals surface area contributed by atoms with Crippen molar-refractivity contribution in [3.05, 3.63) is 140 Å². The van der Waals surface area contributed by atoms with E-state index in [2.05, 4.69) is 162 Å². The molecule has 0 amide bonds. The number of fused-ring (bicyclic) bond motifs is 7. The number of anilines is 6. The average Bonchev–Trinajstić information content (AvgIpc) is 3.37. The molecule has 3 aliphatic heterocycles. The van der Waals surface area contributed by atoms with Gasteiger partial charge in [0.05, 0.1) is 0 Å². The Bertz CT molecular complexity index is 2000. The maximum absolute atomic E-state index is 2.58. The molecule has 4 heteroatoms. The van der Waals surface area contributed by atoms with E-state index in [1.165, 1.54) is 55.5 Å². The van der Waals surface area contributed by atoms with E-state index in [1.54, 1.807) is 5.19 Å². The van der Waals surface area contributed by atoms with Crippen LogP contribution in [0, 0.1) is 0 Å². The lowest BCUT2D eigenvalue weighted by Gasteiger charge is -2.45. The van der Waals surface area contributed by atoms with Gasteiger partial charge in [-0.05, 0) is 81.0 Å². The zero-order chi connectivity index (χ0) is 28.0. The Labute approximate surface area is 248 Å². The summed E-state index contributed by atoms with van der Waals surface area (Å²) in [5.41, 5.74) is 14.6. The minimum atomic E-state index is -1.87. The largest absolute Gasteiger partial charge is 0.312 e. The third-order valence-electron chi connectivity index (χ3n) is 9.63. The molecule has 0 aliphatic carbocycles. The van der Waals surface area contributed by atoms with Crippen molar-refractivity contribution in [3.8, 4) is 11.1 Å². The normalized spacial score (nSPS) is 14.5. The zero-order valence-electron chi connectivity index (χ0n) is 23.8. The summed E-state index contributed by atoms with van der Waals surface area (Å²) in [6, 6.07) is 51.7. The van der Waals surface area contributed by atoms with E-state index in [1.807, 2.05) is 0 Å². The second-order valence-corrected chi connectivity index (χ2v) is 16.5. The second-order valence-electron chi connectivity index (χ2n) is 12.2. The van der Waals surface area contributed by atoms with E-state index in [0.29, 0.717) is 0 Å². The molecule has 3 aliphatic rings. The number of hydrogen-bond acceptors (Lipinski definition) is 2. The van der Waals surface area contributed by atoms with Crippen LogP contribution in [0.3, 0.4) is 0 Å². The first-order valence-corrected chi connectivity index (χ1v) is 17.8. The Hall–Kier alpha value is -4.80. The molecule has 0 atom stereocenters. The SMILES string of the molecule is C[Si]1(C)c2ccccc2N2c3cccc4c3B(c3ccc(N(c5ccccc5)c5ccccc5)cc3-4)c3cccc1c32. The number of rotatable bonds is 3. The van der Waals surface area contributed by atoms with Crippen molar-refractivity contribution in [1.29, 1.82) is 0 Å². The lowest BCUT2D eigenvalue weighted by Crippen LogP contribution is -2.65. The fourth-order valence-corrected chi connectivity index (χ4v) is 10.8. The van der Waals surface area contributed by atoms with E-state index >= 15 is 0 Å². The highest BCUT2D eigenvalue weighted by molar-refractivity contribution is 7.06. The van der Waals surface area contributed by atoms with Gasteiger partial charge in [0, 0.05) is 34.1 Å². The summed E-state index contributed by atoms with van der Waals surface area (Å²) in [6.07, 6.45) is 0. The van der Waals surface area contributed by atoms with Crippen LogP contribution in [-0.2, 0) is 0 Å². The van der Waals surface area contributed by atoms with E-state index < -0.39 is 8.07 Å². The van der Waals surface area contributed by atoms with Crippen LogP contribution in [-0.4, -0.2) is 14.8 Å². The first-order chi connectivity index (χ1) is 20.6. The number of para-hydroxylation sites is 4. The summed E-state index contributed by atoms with van der Waals surface area (Å²) in [4.78, 5) is 4.95. The summed E-state index contributed by atoms with van der Waals surface area (Å²) in [7, 11) is -1.87. The van der Waals surface area contributed by atoms with Crippen molar-refractivity contribution in [3.63, 3.8) is 0 Å². The van der Waals surface area contributed by atoms with Gasteiger partial charge in [-0.3, -0.25) is 0 Å². The van der Waals surface area contributed by atoms with Crippen LogP contribution in [0.4, 0.5) is 34.1 Å². The van der Waals surface area contributed by atoms with Crippen molar-refractivity contribution in [2.24, 2.45) is 0 Å². The highest BCUT2D eigenvalue weighted by Gasteiger charge is 2.48. The van der Waals surface area contributed by atoms with Crippen LogP contribution in [0.2, 0.25) is 13.1 Å². The molecule has 0 saturated carbocycles. The number of nitrogens with zero attached hydrogens (tertiary/aromatic N) is 2. The van der Waals surface area contributed by atoms with Gasteiger partial charge in [-0.15, -0.1) is 0 Å². The molecule has 0 fully saturated rings. The van der Waals surface area contributed by atoms with Gasteiger partial charge in [-0.1, -0.05) is 110 Å². The average molecular weight is 553 g/mol. The first-order valence-electron chi connectivity index (χ1n) is 14.8. The fraction of sp³-hybridized carbons (Fsp3) is 0.0526. The predicted octanol–water partition coefficient (Wildman–Crippen LogP) is 6.57. The molecular weight excluding hydrogens is 523 g/mol. The van der Waals surface area contributed by atoms with Crippen LogP contribution < -0.4 is 36.6 Å². The Morgan fingerprint density at radius 2 is 1.17 bits per heavy atom. The molecule has 0 unspecified atom stereocenters. The maximum atomic E-state index is 2.58. The quantitative estimate of drug-likeness (QED) is 0.229. The summed E-state index contributed by atoms with van der Waals surface area (Å²) < 4.78 is 0. The van der Waals surface area contributed by atoms with Crippen LogP contribution in [0.15, 0.2) is 140 Å². The van der Waals surface area contributed by atoms with E-state index in [-0.39, 0.29) is 6.71 Å². The maximum Gasteiger partial charge on any atom is 0.248 e. The molecule has 3 heterocycles. The molecule has 9 rings (SSSR count). The van der Waals surface area contributed by atoms with Crippen molar-refractivity contribution in [1.82, 2.24) is 0 Å². The molecule has 6 aromatic carbocycles. The number of hydrogen-bond donors (Lipinski definition) is 0. The van der Waals surface area contributed by atoms with Crippen LogP contribution in [0.25, 0.3) is 11.1 Å². The van der Waals surface area contributed by atoms with Crippen molar-refractivity contribution < 1.29 is 0 Å². The molecule has 0 bridgehead atoms. The first kappa shape index (κ1) is 23.9. The fourth-order valence-electron chi connectivity index (χ4n) is 7.80. The number of benzene rings is 6. The van der Waals surface area contributed by atoms with E-state index in [9.17, 15) is 0 Å². The predicted molar refractivity (Wildman–Crippen MR) is 183 cm³/mol. The summed E-state index contributed by atoms with van der Waals surface area (Å²) in [5, 5.41) is 3.06. The molecule has 0 aromatic heterocycles. The Kier molecular flexibility index (Phi) is 4.89. The topological polar surface area (TPSA) is 6.48 Å². The minimum absolute atomic E-state index is 0.239. The van der Waals surface area contributed by atoms with Crippen LogP contribution in [0.5, 0.6) is 0 Å². The third-order valence-corrected chi connectivity index (χ3v) is 13.2. The summed E-state index contributed by atoms with van der Waals surface area (Å²) in [6.45, 7) is 5.27. The standard InChI is InChI=1S/C38H29BN2Si/c1-42(2)35-21-10-9-19-33(35)41-34-20-11-17-29-30-25-28(40(26-13-5-3-6-14-26)27-15-7-4-8-16-27)23-24-31(30)39(37(29)34)32-18-12-22-36(42)38(32)41/h3-25H,1-2H3. The highest BCUT2D eigenvalue weighted by Crippen LogP contribution is 2.43.